The monoisotopic (exact) mass is 403 g/mol. The van der Waals surface area contributed by atoms with Gasteiger partial charge in [0.1, 0.15) is 18.0 Å². The molecule has 2 aromatic heterocycles. The maximum absolute atomic E-state index is 13.7. The molecule has 4 N–H and O–H groups in total. The topological polar surface area (TPSA) is 113 Å². The maximum Gasteiger partial charge on any atom is 0.223 e. The number of fused-ring (bicyclic) bond motifs is 1. The van der Waals surface area contributed by atoms with E-state index in [0.29, 0.717) is 29.3 Å². The highest BCUT2D eigenvalue weighted by Crippen LogP contribution is 2.26. The molecule has 2 aromatic carbocycles. The van der Waals surface area contributed by atoms with Crippen LogP contribution in [-0.4, -0.2) is 26.2 Å². The van der Waals surface area contributed by atoms with Crippen LogP contribution in [0.2, 0.25) is 0 Å². The summed E-state index contributed by atoms with van der Waals surface area (Å²) in [6, 6.07) is 12.1. The van der Waals surface area contributed by atoms with E-state index in [0.717, 1.165) is 22.7 Å². The lowest BCUT2D eigenvalue weighted by atomic mass is 10.1. The number of hydrogen-bond acceptors (Lipinski definition) is 7. The lowest BCUT2D eigenvalue weighted by Crippen LogP contribution is -2.05. The fourth-order valence-electron chi connectivity index (χ4n) is 2.86. The fraction of sp³-hybridized carbons (Fsp3) is 0.136. The van der Waals surface area contributed by atoms with Gasteiger partial charge in [-0.1, -0.05) is 38.1 Å². The molecule has 2 heterocycles. The molecule has 0 radical (unpaired) electrons. The van der Waals surface area contributed by atoms with Gasteiger partial charge >= 0.3 is 0 Å². The number of nitrogens with one attached hydrogen (secondary N) is 2. The molecule has 30 heavy (non-hydrogen) atoms. The van der Waals surface area contributed by atoms with Crippen LogP contribution in [0.5, 0.6) is 0 Å². The highest BCUT2D eigenvalue weighted by Gasteiger charge is 2.11. The molecular weight excluding hydrogens is 381 g/mol. The first-order chi connectivity index (χ1) is 14.7. The number of nitrogens with two attached hydrogens (primary N) is 1. The molecule has 0 saturated heterocycles. The van der Waals surface area contributed by atoms with Crippen LogP contribution in [0, 0.1) is 11.2 Å². The minimum atomic E-state index is -0.272. The van der Waals surface area contributed by atoms with E-state index >= 15 is 0 Å². The first-order valence-electron chi connectivity index (χ1n) is 9.51. The second-order valence-corrected chi connectivity index (χ2v) is 6.08. The van der Waals surface area contributed by atoms with Gasteiger partial charge in [0.25, 0.3) is 0 Å². The average molecular weight is 403 g/mol. The number of anilines is 2. The highest BCUT2D eigenvalue weighted by molar-refractivity contribution is 5.94. The van der Waals surface area contributed by atoms with Gasteiger partial charge in [0, 0.05) is 35.5 Å². The Morgan fingerprint density at radius 2 is 1.90 bits per heavy atom. The molecule has 152 valence electrons. The fourth-order valence-corrected chi connectivity index (χ4v) is 2.86. The molecule has 0 aliphatic heterocycles. The van der Waals surface area contributed by atoms with Crippen LogP contribution in [0.3, 0.4) is 0 Å². The van der Waals surface area contributed by atoms with Crippen molar-refractivity contribution in [2.24, 2.45) is 0 Å². The summed E-state index contributed by atoms with van der Waals surface area (Å²) in [5.74, 6) is 0.394. The van der Waals surface area contributed by atoms with Crippen molar-refractivity contribution in [3.63, 3.8) is 0 Å². The number of benzene rings is 2. The summed E-state index contributed by atoms with van der Waals surface area (Å²) in [6.45, 7) is 4.29. The zero-order valence-corrected chi connectivity index (χ0v) is 16.7. The summed E-state index contributed by atoms with van der Waals surface area (Å²) in [4.78, 5) is 16.9. The Morgan fingerprint density at radius 1 is 1.10 bits per heavy atom. The van der Waals surface area contributed by atoms with Crippen LogP contribution in [0.1, 0.15) is 25.0 Å². The van der Waals surface area contributed by atoms with Crippen molar-refractivity contribution in [3.05, 3.63) is 71.9 Å². The molecule has 0 aliphatic carbocycles. The van der Waals surface area contributed by atoms with Crippen LogP contribution < -0.4 is 11.1 Å². The smallest absolute Gasteiger partial charge is 0.223 e. The quantitative estimate of drug-likeness (QED) is 0.425. The zero-order valence-electron chi connectivity index (χ0n) is 16.7. The summed E-state index contributed by atoms with van der Waals surface area (Å²) >= 11 is 0. The maximum atomic E-state index is 13.7. The Bertz CT molecular complexity index is 1180. The zero-order chi connectivity index (χ0) is 21.5. The number of nitrogen functional groups attached to an aromatic ring is 1. The summed E-state index contributed by atoms with van der Waals surface area (Å²) in [7, 11) is 0. The molecule has 0 unspecified atom stereocenters. The second-order valence-electron chi connectivity index (χ2n) is 6.08. The van der Waals surface area contributed by atoms with E-state index in [9.17, 15) is 4.39 Å². The van der Waals surface area contributed by atoms with E-state index in [-0.39, 0.29) is 11.6 Å². The van der Waals surface area contributed by atoms with Gasteiger partial charge in [-0.2, -0.15) is 0 Å². The number of aromatic nitrogens is 4. The van der Waals surface area contributed by atoms with E-state index < -0.39 is 0 Å². The van der Waals surface area contributed by atoms with Crippen molar-refractivity contribution in [1.82, 2.24) is 19.9 Å². The number of halogens is 1. The van der Waals surface area contributed by atoms with Gasteiger partial charge in [0.15, 0.2) is 0 Å². The third-order valence-electron chi connectivity index (χ3n) is 4.31. The first kappa shape index (κ1) is 20.8. The average Bonchev–Trinajstić information content (AvgIpc) is 2.79. The highest BCUT2D eigenvalue weighted by atomic mass is 19.1. The molecule has 0 spiro atoms. The van der Waals surface area contributed by atoms with Gasteiger partial charge < -0.3 is 16.5 Å². The lowest BCUT2D eigenvalue weighted by molar-refractivity contribution is 0.612. The molecule has 0 fully saturated rings. The molecular formula is C22H22FN7. The van der Waals surface area contributed by atoms with Crippen LogP contribution in [0.15, 0.2) is 55.0 Å². The van der Waals surface area contributed by atoms with Crippen LogP contribution in [-0.2, 0) is 6.54 Å². The van der Waals surface area contributed by atoms with E-state index in [1.807, 2.05) is 32.0 Å². The summed E-state index contributed by atoms with van der Waals surface area (Å²) in [6.07, 6.45) is 4.19. The first-order valence-corrected chi connectivity index (χ1v) is 9.51. The van der Waals surface area contributed by atoms with Crippen LogP contribution >= 0.6 is 0 Å². The standard InChI is InChI=1S/C20H16FN7.C2H6/c21-16-4-2-1-3-13(16)9-24-20-25-10-14-7-12(5-6-17(14)28-20)18-15(8-22)19(23)27-11-26-18;1-2/h1-8,10-11,22H,9H2,(H2,23,26,27)(H,24,25,28);1-2H3. The normalized spacial score (nSPS) is 10.2. The number of nitrogens with zero attached hydrogens (tertiary/aromatic N) is 4. The molecule has 0 bridgehead atoms. The van der Waals surface area contributed by atoms with Crippen molar-refractivity contribution in [3.8, 4) is 11.3 Å². The Balaban J connectivity index is 0.00000124. The molecule has 0 saturated carbocycles. The van der Waals surface area contributed by atoms with Crippen molar-refractivity contribution in [2.75, 3.05) is 11.1 Å². The van der Waals surface area contributed by atoms with Gasteiger partial charge in [-0.05, 0) is 18.2 Å². The van der Waals surface area contributed by atoms with Gasteiger partial charge in [-0.3, -0.25) is 0 Å². The second kappa shape index (κ2) is 9.51. The van der Waals surface area contributed by atoms with Gasteiger partial charge in [-0.15, -0.1) is 0 Å². The molecule has 8 heteroatoms. The molecule has 4 aromatic rings. The minimum absolute atomic E-state index is 0.254. The van der Waals surface area contributed by atoms with Gasteiger partial charge in [-0.25, -0.2) is 24.3 Å². The molecule has 0 atom stereocenters. The minimum Gasteiger partial charge on any atom is -0.383 e. The van der Waals surface area contributed by atoms with Gasteiger partial charge in [0.05, 0.1) is 16.8 Å². The van der Waals surface area contributed by atoms with Crippen molar-refractivity contribution < 1.29 is 4.39 Å². The Labute approximate surface area is 173 Å². The Hall–Kier alpha value is -3.94. The summed E-state index contributed by atoms with van der Waals surface area (Å²) in [5.41, 5.74) is 8.93. The third kappa shape index (κ3) is 4.38. The van der Waals surface area contributed by atoms with E-state index in [1.165, 1.54) is 12.4 Å². The van der Waals surface area contributed by atoms with Crippen LogP contribution in [0.25, 0.3) is 22.2 Å². The van der Waals surface area contributed by atoms with Gasteiger partial charge in [0.2, 0.25) is 5.95 Å². The van der Waals surface area contributed by atoms with E-state index in [4.69, 9.17) is 11.1 Å². The largest absolute Gasteiger partial charge is 0.383 e. The lowest BCUT2D eigenvalue weighted by Gasteiger charge is -2.09. The SMILES string of the molecule is CC.N=Cc1c(N)ncnc1-c1ccc2nc(NCc3ccccc3F)ncc2c1. The van der Waals surface area contributed by atoms with E-state index in [1.54, 1.807) is 24.4 Å². The number of rotatable bonds is 5. The van der Waals surface area contributed by atoms with Crippen LogP contribution in [0.4, 0.5) is 16.2 Å². The Morgan fingerprint density at radius 3 is 2.67 bits per heavy atom. The van der Waals surface area contributed by atoms with Crippen molar-refractivity contribution in [1.29, 1.82) is 5.41 Å². The summed E-state index contributed by atoms with van der Waals surface area (Å²) < 4.78 is 13.7. The third-order valence-corrected chi connectivity index (χ3v) is 4.31. The van der Waals surface area contributed by atoms with Crippen molar-refractivity contribution >= 4 is 28.9 Å². The molecule has 0 amide bonds. The predicted octanol–water partition coefficient (Wildman–Crippen LogP) is 4.44. The molecule has 4 rings (SSSR count). The molecule has 0 aliphatic rings. The Kier molecular flexibility index (Phi) is 6.59. The van der Waals surface area contributed by atoms with E-state index in [2.05, 4.69) is 25.3 Å². The predicted molar refractivity (Wildman–Crippen MR) is 118 cm³/mol. The summed E-state index contributed by atoms with van der Waals surface area (Å²) in [5, 5.41) is 11.4. The van der Waals surface area contributed by atoms with Crippen molar-refractivity contribution in [2.45, 2.75) is 20.4 Å². The molecule has 7 nitrogen and oxygen atoms in total. The number of hydrogen-bond donors (Lipinski definition) is 3.